The summed E-state index contributed by atoms with van der Waals surface area (Å²) < 4.78 is 39.9. The molecule has 1 aromatic heterocycles. The molecule has 3 heterocycles. The molecule has 1 aliphatic carbocycles. The third-order valence-electron chi connectivity index (χ3n) is 9.06. The molecule has 232 valence electrons. The molecule has 2 saturated heterocycles. The summed E-state index contributed by atoms with van der Waals surface area (Å²) in [5.41, 5.74) is 0.300. The first-order valence-electron chi connectivity index (χ1n) is 14.3. The van der Waals surface area contributed by atoms with Crippen LogP contribution < -0.4 is 16.0 Å². The van der Waals surface area contributed by atoms with E-state index in [0.717, 1.165) is 4.70 Å². The van der Waals surface area contributed by atoms with Gasteiger partial charge in [-0.1, -0.05) is 39.8 Å². The van der Waals surface area contributed by atoms with Crippen molar-refractivity contribution >= 4 is 51.0 Å². The Morgan fingerprint density at radius 2 is 1.86 bits per heavy atom. The van der Waals surface area contributed by atoms with Gasteiger partial charge in [0.05, 0.1) is 16.3 Å². The van der Waals surface area contributed by atoms with Crippen molar-refractivity contribution in [3.05, 3.63) is 29.3 Å². The lowest BCUT2D eigenvalue weighted by atomic mass is 9.94. The van der Waals surface area contributed by atoms with Crippen LogP contribution >= 0.6 is 11.3 Å². The van der Waals surface area contributed by atoms with E-state index >= 15 is 0 Å². The minimum absolute atomic E-state index is 0.0285. The summed E-state index contributed by atoms with van der Waals surface area (Å²) in [5.74, 6) is -5.94. The van der Waals surface area contributed by atoms with Gasteiger partial charge < -0.3 is 20.9 Å². The highest BCUT2D eigenvalue weighted by Gasteiger charge is 2.69. The second-order valence-corrected chi connectivity index (χ2v) is 13.5. The summed E-state index contributed by atoms with van der Waals surface area (Å²) in [6.07, 6.45) is -4.67. The van der Waals surface area contributed by atoms with Gasteiger partial charge in [0.15, 0.2) is 5.01 Å². The number of para-hydroxylation sites is 1. The highest BCUT2D eigenvalue weighted by Crippen LogP contribution is 2.65. The maximum absolute atomic E-state index is 14.0. The van der Waals surface area contributed by atoms with Crippen molar-refractivity contribution in [2.75, 3.05) is 13.1 Å². The molecule has 1 aromatic carbocycles. The van der Waals surface area contributed by atoms with Crippen LogP contribution in [0.15, 0.2) is 24.3 Å². The Morgan fingerprint density at radius 1 is 1.16 bits per heavy atom. The fourth-order valence-electron chi connectivity index (χ4n) is 6.50. The Morgan fingerprint density at radius 3 is 2.47 bits per heavy atom. The van der Waals surface area contributed by atoms with Crippen LogP contribution in [-0.2, 0) is 19.2 Å². The topological polar surface area (TPSA) is 138 Å². The van der Waals surface area contributed by atoms with Crippen LogP contribution in [-0.4, -0.2) is 76.7 Å². The molecule has 5 rings (SSSR count). The molecule has 2 aromatic rings. The number of piperidine rings is 1. The normalized spacial score (nSPS) is 25.7. The average Bonchev–Trinajstić information content (AvgIpc) is 3.45. The molecular weight excluding hydrogens is 587 g/mol. The minimum atomic E-state index is -5.18. The van der Waals surface area contributed by atoms with E-state index < -0.39 is 59.6 Å². The third kappa shape index (κ3) is 5.85. The van der Waals surface area contributed by atoms with Crippen molar-refractivity contribution in [2.24, 2.45) is 29.1 Å². The van der Waals surface area contributed by atoms with Crippen LogP contribution in [0.2, 0.25) is 0 Å². The van der Waals surface area contributed by atoms with E-state index in [1.807, 2.05) is 26.0 Å². The lowest BCUT2D eigenvalue weighted by Gasteiger charge is -2.35. The summed E-state index contributed by atoms with van der Waals surface area (Å²) in [5, 5.41) is 7.50. The minimum Gasteiger partial charge on any atom is -0.356 e. The average molecular weight is 622 g/mol. The highest BCUT2D eigenvalue weighted by atomic mass is 32.1. The van der Waals surface area contributed by atoms with Gasteiger partial charge in [-0.3, -0.25) is 24.0 Å². The monoisotopic (exact) mass is 621 g/mol. The van der Waals surface area contributed by atoms with Gasteiger partial charge in [0.25, 0.3) is 0 Å². The molecule has 4 amide bonds. The number of thiazole rings is 1. The molecule has 3 fully saturated rings. The number of carbonyl (C=O) groups is 5. The molecule has 43 heavy (non-hydrogen) atoms. The van der Waals surface area contributed by atoms with E-state index in [-0.39, 0.29) is 41.1 Å². The van der Waals surface area contributed by atoms with Crippen LogP contribution in [0.1, 0.15) is 50.3 Å². The molecule has 0 radical (unpaired) electrons. The summed E-state index contributed by atoms with van der Waals surface area (Å²) in [6, 6.07) is 3.50. The molecule has 2 aliphatic heterocycles. The Bertz CT molecular complexity index is 1440. The maximum Gasteiger partial charge on any atom is 0.471 e. The van der Waals surface area contributed by atoms with Crippen molar-refractivity contribution in [2.45, 2.75) is 64.8 Å². The van der Waals surface area contributed by atoms with Gasteiger partial charge >= 0.3 is 12.1 Å². The molecule has 14 heteroatoms. The second-order valence-electron chi connectivity index (χ2n) is 12.5. The number of hydrogen-bond acceptors (Lipinski definition) is 7. The standard InChI is InChI=1S/C29H34F3N5O5S/c1-13(2)20(36-27(42)29(30,31)32)26(41)37-12-15-19(28(15,3)4)21(37)24(40)34-17(11-14-9-10-33-23(14)39)22(38)25-35-16-7-5-6-8-18(16)43-25/h5-8,13-15,17,19-21H,9-12H2,1-4H3,(H,33,39)(H,34,40)(H,36,42)/t14-,15-,17-,19-,20+,21-/m1/s1. The van der Waals surface area contributed by atoms with Gasteiger partial charge in [-0.2, -0.15) is 13.2 Å². The first-order chi connectivity index (χ1) is 20.1. The Balaban J connectivity index is 1.41. The molecule has 0 unspecified atom stereocenters. The number of halogens is 3. The Hall–Kier alpha value is -3.55. The van der Waals surface area contributed by atoms with E-state index in [0.29, 0.717) is 18.5 Å². The molecule has 1 saturated carbocycles. The SMILES string of the molecule is CC(C)[C@H](NC(=O)C(F)(F)F)C(=O)N1C[C@@H]2[C@H]([C@@H]1C(=O)N[C@H](C[C@H]1CCNC1=O)C(=O)c1nc3ccccc3s1)C2(C)C. The van der Waals surface area contributed by atoms with Gasteiger partial charge in [-0.05, 0) is 48.1 Å². The van der Waals surface area contributed by atoms with E-state index in [4.69, 9.17) is 0 Å². The van der Waals surface area contributed by atoms with Gasteiger partial charge in [0.1, 0.15) is 12.1 Å². The van der Waals surface area contributed by atoms with Crippen molar-refractivity contribution in [1.29, 1.82) is 0 Å². The summed E-state index contributed by atoms with van der Waals surface area (Å²) in [7, 11) is 0. The number of hydrogen-bond donors (Lipinski definition) is 3. The van der Waals surface area contributed by atoms with Crippen molar-refractivity contribution < 1.29 is 37.1 Å². The number of nitrogens with one attached hydrogen (secondary N) is 3. The van der Waals surface area contributed by atoms with E-state index in [2.05, 4.69) is 15.6 Å². The quantitative estimate of drug-likeness (QED) is 0.369. The first kappa shape index (κ1) is 30.9. The second kappa shape index (κ2) is 11.2. The number of ketones is 1. The van der Waals surface area contributed by atoms with E-state index in [1.54, 1.807) is 17.4 Å². The molecule has 3 aliphatic rings. The number of benzene rings is 1. The number of rotatable bonds is 9. The molecule has 0 spiro atoms. The molecule has 10 nitrogen and oxygen atoms in total. The zero-order valence-corrected chi connectivity index (χ0v) is 25.0. The summed E-state index contributed by atoms with van der Waals surface area (Å²) in [6.45, 7) is 7.48. The van der Waals surface area contributed by atoms with Crippen LogP contribution in [0.3, 0.4) is 0 Å². The lowest BCUT2D eigenvalue weighted by Crippen LogP contribution is -2.59. The van der Waals surface area contributed by atoms with Gasteiger partial charge in [-0.15, -0.1) is 11.3 Å². The lowest BCUT2D eigenvalue weighted by molar-refractivity contribution is -0.175. The molecular formula is C29H34F3N5O5S. The number of aromatic nitrogens is 1. The first-order valence-corrected chi connectivity index (χ1v) is 15.1. The number of carbonyl (C=O) groups excluding carboxylic acids is 5. The predicted molar refractivity (Wildman–Crippen MR) is 151 cm³/mol. The third-order valence-corrected chi connectivity index (χ3v) is 10.1. The van der Waals surface area contributed by atoms with Crippen LogP contribution in [0.4, 0.5) is 13.2 Å². The fourth-order valence-corrected chi connectivity index (χ4v) is 7.46. The highest BCUT2D eigenvalue weighted by molar-refractivity contribution is 7.20. The number of likely N-dealkylation sites (tertiary alicyclic amines) is 1. The van der Waals surface area contributed by atoms with Crippen LogP contribution in [0, 0.1) is 29.1 Å². The molecule has 0 bridgehead atoms. The van der Waals surface area contributed by atoms with Gasteiger partial charge in [0, 0.05) is 19.0 Å². The summed E-state index contributed by atoms with van der Waals surface area (Å²) in [4.78, 5) is 71.2. The maximum atomic E-state index is 14.0. The van der Waals surface area contributed by atoms with Crippen LogP contribution in [0.5, 0.6) is 0 Å². The number of alkyl halides is 3. The van der Waals surface area contributed by atoms with Gasteiger partial charge in [-0.25, -0.2) is 4.98 Å². The van der Waals surface area contributed by atoms with Gasteiger partial charge in [0.2, 0.25) is 23.5 Å². The number of fused-ring (bicyclic) bond motifs is 2. The zero-order chi connectivity index (χ0) is 31.4. The van der Waals surface area contributed by atoms with Crippen LogP contribution in [0.25, 0.3) is 10.2 Å². The smallest absolute Gasteiger partial charge is 0.356 e. The Labute approximate surface area is 250 Å². The van der Waals surface area contributed by atoms with Crippen molar-refractivity contribution in [3.63, 3.8) is 0 Å². The van der Waals surface area contributed by atoms with E-state index in [9.17, 15) is 37.1 Å². The summed E-state index contributed by atoms with van der Waals surface area (Å²) >= 11 is 1.17. The number of Topliss-reactive ketones (excluding diaryl/α,β-unsaturated/α-hetero) is 1. The molecule has 6 atom stereocenters. The Kier molecular flexibility index (Phi) is 8.03. The van der Waals surface area contributed by atoms with Crippen molar-refractivity contribution in [1.82, 2.24) is 25.8 Å². The predicted octanol–water partition coefficient (Wildman–Crippen LogP) is 2.68. The largest absolute Gasteiger partial charge is 0.471 e. The number of nitrogens with zero attached hydrogens (tertiary/aromatic N) is 2. The van der Waals surface area contributed by atoms with E-state index in [1.165, 1.54) is 30.1 Å². The number of amides is 4. The van der Waals surface area contributed by atoms with Crippen molar-refractivity contribution in [3.8, 4) is 0 Å². The fraction of sp³-hybridized carbons (Fsp3) is 0.586. The zero-order valence-electron chi connectivity index (χ0n) is 24.2. The molecule has 3 N–H and O–H groups in total.